The number of aromatic nitrogens is 1. The number of benzene rings is 2. The number of carbonyl (C=O) groups is 1. The molecule has 0 aliphatic carbocycles. The topological polar surface area (TPSA) is 71.2 Å². The van der Waals surface area contributed by atoms with E-state index in [1.165, 1.54) is 28.8 Å². The molecule has 0 spiro atoms. The van der Waals surface area contributed by atoms with Crippen molar-refractivity contribution in [3.63, 3.8) is 0 Å². The number of aliphatic imine (C=N–C) groups is 1. The van der Waals surface area contributed by atoms with Gasteiger partial charge in [-0.25, -0.2) is 4.99 Å². The van der Waals surface area contributed by atoms with E-state index in [4.69, 9.17) is 4.52 Å². The number of rotatable bonds is 7. The lowest BCUT2D eigenvalue weighted by Gasteiger charge is -2.18. The number of hydrogen-bond donors (Lipinski definition) is 0. The molecule has 4 rings (SSSR count). The molecular formula is C25H24F2N4O3S. The third-order valence-corrected chi connectivity index (χ3v) is 6.35. The average molecular weight is 499 g/mol. The lowest BCUT2D eigenvalue weighted by Crippen LogP contribution is -2.30. The monoisotopic (exact) mass is 498 g/mol. The van der Waals surface area contributed by atoms with Crippen LogP contribution in [0.15, 0.2) is 63.7 Å². The smallest absolute Gasteiger partial charge is 0.387 e. The highest BCUT2D eigenvalue weighted by molar-refractivity contribution is 8.13. The number of thioether (sulfide) groups is 1. The van der Waals surface area contributed by atoms with E-state index < -0.39 is 6.61 Å². The Kier molecular flexibility index (Phi) is 7.20. The Morgan fingerprint density at radius 3 is 2.37 bits per heavy atom. The summed E-state index contributed by atoms with van der Waals surface area (Å²) < 4.78 is 34.8. The quantitative estimate of drug-likeness (QED) is 0.393. The largest absolute Gasteiger partial charge is 0.435 e. The van der Waals surface area contributed by atoms with E-state index in [1.54, 1.807) is 18.2 Å². The summed E-state index contributed by atoms with van der Waals surface area (Å²) in [6.45, 7) is 0.765. The van der Waals surface area contributed by atoms with Crippen molar-refractivity contribution < 1.29 is 22.8 Å². The summed E-state index contributed by atoms with van der Waals surface area (Å²) in [7, 11) is 3.91. The molecule has 0 saturated heterocycles. The van der Waals surface area contributed by atoms with Crippen LogP contribution in [0.4, 0.5) is 20.2 Å². The zero-order valence-corrected chi connectivity index (χ0v) is 20.5. The van der Waals surface area contributed by atoms with E-state index >= 15 is 0 Å². The molecule has 1 amide bonds. The van der Waals surface area contributed by atoms with Gasteiger partial charge in [-0.1, -0.05) is 29.1 Å². The summed E-state index contributed by atoms with van der Waals surface area (Å²) in [6.07, 6.45) is 1.73. The van der Waals surface area contributed by atoms with Crippen LogP contribution >= 0.6 is 11.8 Å². The lowest BCUT2D eigenvalue weighted by molar-refractivity contribution is -0.113. The number of carbonyl (C=O) groups excluding carboxylic acids is 1. The van der Waals surface area contributed by atoms with Crippen LogP contribution in [-0.2, 0) is 10.5 Å². The van der Waals surface area contributed by atoms with E-state index in [0.29, 0.717) is 22.4 Å². The van der Waals surface area contributed by atoms with Gasteiger partial charge in [0.25, 0.3) is 5.91 Å². The molecule has 0 fully saturated rings. The molecule has 2 aromatic carbocycles. The van der Waals surface area contributed by atoms with Crippen molar-refractivity contribution in [1.82, 2.24) is 5.16 Å². The van der Waals surface area contributed by atoms with E-state index in [9.17, 15) is 13.6 Å². The van der Waals surface area contributed by atoms with Crippen LogP contribution < -0.4 is 14.5 Å². The highest BCUT2D eigenvalue weighted by Crippen LogP contribution is 2.33. The van der Waals surface area contributed by atoms with E-state index in [1.807, 2.05) is 57.1 Å². The van der Waals surface area contributed by atoms with Crippen molar-refractivity contribution in [3.8, 4) is 5.75 Å². The molecule has 0 bridgehead atoms. The first-order valence-corrected chi connectivity index (χ1v) is 11.7. The third kappa shape index (κ3) is 5.54. The fraction of sp³-hybridized carbons (Fsp3) is 0.240. The predicted molar refractivity (Wildman–Crippen MR) is 134 cm³/mol. The molecule has 10 heteroatoms. The summed E-state index contributed by atoms with van der Waals surface area (Å²) in [5.41, 5.74) is 4.35. The number of amidine groups is 1. The van der Waals surface area contributed by atoms with Gasteiger partial charge in [-0.15, -0.1) is 0 Å². The van der Waals surface area contributed by atoms with Gasteiger partial charge in [-0.3, -0.25) is 9.69 Å². The molecule has 3 aromatic rings. The first kappa shape index (κ1) is 24.5. The molecule has 0 unspecified atom stereocenters. The number of amides is 1. The van der Waals surface area contributed by atoms with Gasteiger partial charge < -0.3 is 14.2 Å². The standard InChI is InChI=1S/C25H24F2N4O3S/c1-15-21(16(2)34-29-15)14-35-25-28-22(13-17-5-7-18(8-6-17)30(3)4)23(32)31(25)19-9-11-20(12-10-19)33-24(26)27/h5-13,24H,14H2,1-4H3/b22-13-. The molecule has 7 nitrogen and oxygen atoms in total. The molecule has 1 aliphatic rings. The second-order valence-electron chi connectivity index (χ2n) is 8.01. The molecule has 1 aliphatic heterocycles. The third-order valence-electron chi connectivity index (χ3n) is 5.39. The Labute approximate surface area is 206 Å². The minimum atomic E-state index is -2.93. The molecule has 0 radical (unpaired) electrons. The van der Waals surface area contributed by atoms with Crippen molar-refractivity contribution >= 4 is 40.3 Å². The summed E-state index contributed by atoms with van der Waals surface area (Å²) in [4.78, 5) is 21.5. The van der Waals surface area contributed by atoms with Crippen LogP contribution in [-0.4, -0.2) is 36.9 Å². The minimum Gasteiger partial charge on any atom is -0.435 e. The van der Waals surface area contributed by atoms with Gasteiger partial charge in [0.05, 0.1) is 11.4 Å². The van der Waals surface area contributed by atoms with Crippen molar-refractivity contribution in [3.05, 3.63) is 76.8 Å². The average Bonchev–Trinajstić information content (AvgIpc) is 3.30. The van der Waals surface area contributed by atoms with Gasteiger partial charge in [-0.2, -0.15) is 8.78 Å². The first-order chi connectivity index (χ1) is 16.7. The molecule has 0 atom stereocenters. The van der Waals surface area contributed by atoms with Gasteiger partial charge in [0.15, 0.2) is 5.17 Å². The summed E-state index contributed by atoms with van der Waals surface area (Å²) in [6, 6.07) is 13.7. The Hall–Kier alpha value is -3.66. The summed E-state index contributed by atoms with van der Waals surface area (Å²) >= 11 is 1.37. The Balaban J connectivity index is 1.65. The van der Waals surface area contributed by atoms with Crippen molar-refractivity contribution in [2.24, 2.45) is 4.99 Å². The number of ether oxygens (including phenoxy) is 1. The second kappa shape index (κ2) is 10.3. The van der Waals surface area contributed by atoms with Gasteiger partial charge in [0.2, 0.25) is 0 Å². The maximum absolute atomic E-state index is 13.4. The van der Waals surface area contributed by atoms with E-state index in [0.717, 1.165) is 22.5 Å². The number of nitrogens with zero attached hydrogens (tertiary/aromatic N) is 4. The van der Waals surface area contributed by atoms with Crippen LogP contribution in [0.5, 0.6) is 5.75 Å². The number of anilines is 2. The Bertz CT molecular complexity index is 1250. The van der Waals surface area contributed by atoms with Crippen LogP contribution in [0, 0.1) is 13.8 Å². The number of aryl methyl sites for hydroxylation is 2. The van der Waals surface area contributed by atoms with Gasteiger partial charge in [0, 0.05) is 31.1 Å². The highest BCUT2D eigenvalue weighted by Gasteiger charge is 2.32. The van der Waals surface area contributed by atoms with Gasteiger partial charge in [0.1, 0.15) is 17.2 Å². The van der Waals surface area contributed by atoms with Crippen LogP contribution in [0.3, 0.4) is 0 Å². The Morgan fingerprint density at radius 2 is 1.80 bits per heavy atom. The van der Waals surface area contributed by atoms with Crippen molar-refractivity contribution in [2.45, 2.75) is 26.2 Å². The zero-order chi connectivity index (χ0) is 25.1. The molecule has 1 aromatic heterocycles. The maximum Gasteiger partial charge on any atom is 0.387 e. The SMILES string of the molecule is Cc1noc(C)c1CSC1=N/C(=C\c2ccc(N(C)C)cc2)C(=O)N1c1ccc(OC(F)F)cc1. The number of halogens is 2. The summed E-state index contributed by atoms with van der Waals surface area (Å²) in [5.74, 6) is 0.900. The van der Waals surface area contributed by atoms with Gasteiger partial charge >= 0.3 is 6.61 Å². The maximum atomic E-state index is 13.4. The fourth-order valence-electron chi connectivity index (χ4n) is 3.47. The summed E-state index contributed by atoms with van der Waals surface area (Å²) in [5, 5.41) is 4.44. The van der Waals surface area contributed by atoms with E-state index in [-0.39, 0.29) is 17.4 Å². The Morgan fingerprint density at radius 1 is 1.11 bits per heavy atom. The highest BCUT2D eigenvalue weighted by atomic mass is 32.2. The molecule has 35 heavy (non-hydrogen) atoms. The minimum absolute atomic E-state index is 0.00834. The normalized spacial score (nSPS) is 14.7. The number of alkyl halides is 2. The predicted octanol–water partition coefficient (Wildman–Crippen LogP) is 5.64. The molecular weight excluding hydrogens is 474 g/mol. The zero-order valence-electron chi connectivity index (χ0n) is 19.7. The molecule has 0 N–H and O–H groups in total. The fourth-order valence-corrected chi connectivity index (χ4v) is 4.63. The van der Waals surface area contributed by atoms with Gasteiger partial charge in [-0.05, 0) is 61.9 Å². The lowest BCUT2D eigenvalue weighted by atomic mass is 10.1. The van der Waals surface area contributed by atoms with Crippen LogP contribution in [0.1, 0.15) is 22.6 Å². The van der Waals surface area contributed by atoms with Crippen molar-refractivity contribution in [1.29, 1.82) is 0 Å². The molecule has 182 valence electrons. The number of hydrogen-bond acceptors (Lipinski definition) is 7. The molecule has 0 saturated carbocycles. The second-order valence-corrected chi connectivity index (χ2v) is 8.96. The van der Waals surface area contributed by atoms with Crippen molar-refractivity contribution in [2.75, 3.05) is 23.9 Å². The molecule has 2 heterocycles. The van der Waals surface area contributed by atoms with E-state index in [2.05, 4.69) is 14.9 Å². The first-order valence-electron chi connectivity index (χ1n) is 10.7. The van der Waals surface area contributed by atoms with Crippen LogP contribution in [0.2, 0.25) is 0 Å². The van der Waals surface area contributed by atoms with Crippen LogP contribution in [0.25, 0.3) is 6.08 Å².